The number of urea groups is 1. The van der Waals surface area contributed by atoms with Crippen LogP contribution in [-0.4, -0.2) is 44.6 Å². The molecule has 2 N–H and O–H groups in total. The zero-order chi connectivity index (χ0) is 24.7. The third kappa shape index (κ3) is 3.96. The van der Waals surface area contributed by atoms with Gasteiger partial charge in [0, 0.05) is 18.4 Å². The number of aromatic nitrogens is 2. The standard InChI is InChI=1S/C28H29N5O3/c34-25(18-32-26(35)28(30-27(32)36)15-14-19-8-4-7-11-21(19)17-28)29-24-16-23(20-9-5-6-10-20)31-33(24)22-12-2-1-3-13-22/h1-4,7-8,11-13,16,20H,5-6,9-10,14-15,17-18H2,(H,29,34)(H,30,36). The van der Waals surface area contributed by atoms with Gasteiger partial charge >= 0.3 is 6.03 Å². The number of benzene rings is 2. The Morgan fingerprint density at radius 1 is 1.03 bits per heavy atom. The van der Waals surface area contributed by atoms with Gasteiger partial charge in [-0.2, -0.15) is 5.10 Å². The number of anilines is 1. The zero-order valence-corrected chi connectivity index (χ0v) is 20.1. The first-order valence-corrected chi connectivity index (χ1v) is 12.7. The molecule has 0 bridgehead atoms. The molecule has 1 aromatic heterocycles. The molecule has 8 nitrogen and oxygen atoms in total. The van der Waals surface area contributed by atoms with E-state index in [-0.39, 0.29) is 12.5 Å². The van der Waals surface area contributed by atoms with E-state index in [2.05, 4.69) is 16.7 Å². The number of carbonyl (C=O) groups excluding carboxylic acids is 3. The quantitative estimate of drug-likeness (QED) is 0.537. The molecule has 1 saturated heterocycles. The normalized spacial score (nSPS) is 21.6. The SMILES string of the molecule is O=C(CN1C(=O)NC2(CCc3ccccc3C2)C1=O)Nc1cc(C2CCCC2)nn1-c1ccccc1. The summed E-state index contributed by atoms with van der Waals surface area (Å²) in [5.41, 5.74) is 3.09. The number of imide groups is 1. The van der Waals surface area contributed by atoms with E-state index in [0.717, 1.165) is 34.7 Å². The molecule has 3 aliphatic rings. The van der Waals surface area contributed by atoms with Crippen LogP contribution in [-0.2, 0) is 22.4 Å². The van der Waals surface area contributed by atoms with E-state index in [9.17, 15) is 14.4 Å². The number of carbonyl (C=O) groups is 3. The van der Waals surface area contributed by atoms with E-state index in [1.165, 1.54) is 18.4 Å². The van der Waals surface area contributed by atoms with Gasteiger partial charge in [0.25, 0.3) is 5.91 Å². The van der Waals surface area contributed by atoms with Crippen molar-refractivity contribution in [1.29, 1.82) is 0 Å². The maximum absolute atomic E-state index is 13.4. The molecule has 3 aromatic rings. The van der Waals surface area contributed by atoms with Crippen molar-refractivity contribution in [1.82, 2.24) is 20.0 Å². The molecular weight excluding hydrogens is 454 g/mol. The summed E-state index contributed by atoms with van der Waals surface area (Å²) in [6.45, 7) is -0.340. The molecule has 184 valence electrons. The van der Waals surface area contributed by atoms with Crippen molar-refractivity contribution in [2.75, 3.05) is 11.9 Å². The van der Waals surface area contributed by atoms with Gasteiger partial charge in [0.1, 0.15) is 17.9 Å². The van der Waals surface area contributed by atoms with Crippen molar-refractivity contribution < 1.29 is 14.4 Å². The molecule has 2 heterocycles. The number of amides is 4. The molecule has 6 rings (SSSR count). The minimum atomic E-state index is -0.979. The average Bonchev–Trinajstić information content (AvgIpc) is 3.61. The second-order valence-electron chi connectivity index (χ2n) is 10.1. The van der Waals surface area contributed by atoms with Gasteiger partial charge in [-0.15, -0.1) is 0 Å². The molecule has 1 unspecified atom stereocenters. The van der Waals surface area contributed by atoms with Crippen molar-refractivity contribution >= 4 is 23.7 Å². The van der Waals surface area contributed by atoms with Crippen LogP contribution in [0.1, 0.15) is 54.8 Å². The van der Waals surface area contributed by atoms with Crippen molar-refractivity contribution in [3.8, 4) is 5.69 Å². The summed E-state index contributed by atoms with van der Waals surface area (Å²) in [4.78, 5) is 40.4. The van der Waals surface area contributed by atoms with Gasteiger partial charge in [-0.1, -0.05) is 55.3 Å². The first-order valence-electron chi connectivity index (χ1n) is 12.7. The lowest BCUT2D eigenvalue weighted by molar-refractivity contribution is -0.134. The van der Waals surface area contributed by atoms with Crippen LogP contribution in [0.2, 0.25) is 0 Å². The molecule has 36 heavy (non-hydrogen) atoms. The Balaban J connectivity index is 1.21. The molecule has 1 spiro atoms. The molecule has 2 fully saturated rings. The predicted octanol–water partition coefficient (Wildman–Crippen LogP) is 3.95. The van der Waals surface area contributed by atoms with Crippen molar-refractivity contribution in [2.45, 2.75) is 56.4 Å². The van der Waals surface area contributed by atoms with Crippen molar-refractivity contribution in [2.24, 2.45) is 0 Å². The first kappa shape index (κ1) is 22.5. The predicted molar refractivity (Wildman–Crippen MR) is 135 cm³/mol. The fourth-order valence-corrected chi connectivity index (χ4v) is 5.85. The van der Waals surface area contributed by atoms with Crippen LogP contribution in [0.5, 0.6) is 0 Å². The highest BCUT2D eigenvalue weighted by Gasteiger charge is 2.52. The fourth-order valence-electron chi connectivity index (χ4n) is 5.85. The summed E-state index contributed by atoms with van der Waals surface area (Å²) in [7, 11) is 0. The second-order valence-corrected chi connectivity index (χ2v) is 10.1. The number of para-hydroxylation sites is 1. The van der Waals surface area contributed by atoms with E-state index in [1.54, 1.807) is 4.68 Å². The lowest BCUT2D eigenvalue weighted by atomic mass is 9.78. The number of fused-ring (bicyclic) bond motifs is 1. The van der Waals surface area contributed by atoms with Crippen LogP contribution in [0.4, 0.5) is 10.6 Å². The third-order valence-electron chi connectivity index (χ3n) is 7.75. The highest BCUT2D eigenvalue weighted by molar-refractivity contribution is 6.10. The maximum Gasteiger partial charge on any atom is 0.325 e. The molecule has 2 aliphatic carbocycles. The highest BCUT2D eigenvalue weighted by atomic mass is 16.2. The van der Waals surface area contributed by atoms with Crippen LogP contribution < -0.4 is 10.6 Å². The molecule has 0 radical (unpaired) electrons. The van der Waals surface area contributed by atoms with Crippen LogP contribution in [0.3, 0.4) is 0 Å². The number of nitrogens with zero attached hydrogens (tertiary/aromatic N) is 3. The smallest absolute Gasteiger partial charge is 0.323 e. The summed E-state index contributed by atoms with van der Waals surface area (Å²) < 4.78 is 1.73. The summed E-state index contributed by atoms with van der Waals surface area (Å²) in [6, 6.07) is 19.0. The number of aryl methyl sites for hydroxylation is 1. The molecule has 4 amide bonds. The minimum absolute atomic E-state index is 0.333. The summed E-state index contributed by atoms with van der Waals surface area (Å²) in [5.74, 6) is 0.161. The Morgan fingerprint density at radius 3 is 2.53 bits per heavy atom. The number of nitrogens with one attached hydrogen (secondary N) is 2. The van der Waals surface area contributed by atoms with Gasteiger partial charge in [0.15, 0.2) is 0 Å². The lowest BCUT2D eigenvalue weighted by Gasteiger charge is -2.32. The van der Waals surface area contributed by atoms with E-state index >= 15 is 0 Å². The largest absolute Gasteiger partial charge is 0.325 e. The molecule has 1 atom stereocenters. The van der Waals surface area contributed by atoms with Gasteiger partial charge < -0.3 is 10.6 Å². The fraction of sp³-hybridized carbons (Fsp3) is 0.357. The molecule has 8 heteroatoms. The Hall–Kier alpha value is -3.94. The van der Waals surface area contributed by atoms with Gasteiger partial charge in [0.2, 0.25) is 5.91 Å². The van der Waals surface area contributed by atoms with Gasteiger partial charge in [-0.3, -0.25) is 14.5 Å². The van der Waals surface area contributed by atoms with Crippen LogP contribution in [0.25, 0.3) is 5.69 Å². The topological polar surface area (TPSA) is 96.3 Å². The number of rotatable bonds is 5. The Bertz CT molecular complexity index is 1330. The van der Waals surface area contributed by atoms with Gasteiger partial charge in [-0.25, -0.2) is 9.48 Å². The molecule has 1 saturated carbocycles. The van der Waals surface area contributed by atoms with Crippen LogP contribution in [0, 0.1) is 0 Å². The minimum Gasteiger partial charge on any atom is -0.323 e. The van der Waals surface area contributed by atoms with E-state index < -0.39 is 17.5 Å². The van der Waals surface area contributed by atoms with Crippen LogP contribution in [0.15, 0.2) is 60.7 Å². The highest BCUT2D eigenvalue weighted by Crippen LogP contribution is 2.36. The average molecular weight is 484 g/mol. The van der Waals surface area contributed by atoms with E-state index in [0.29, 0.717) is 31.0 Å². The third-order valence-corrected chi connectivity index (χ3v) is 7.75. The summed E-state index contributed by atoms with van der Waals surface area (Å²) in [5, 5.41) is 10.6. The Labute approximate surface area is 209 Å². The number of hydrogen-bond donors (Lipinski definition) is 2. The molecule has 2 aromatic carbocycles. The van der Waals surface area contributed by atoms with Crippen molar-refractivity contribution in [3.05, 3.63) is 77.5 Å². The van der Waals surface area contributed by atoms with Crippen molar-refractivity contribution in [3.63, 3.8) is 0 Å². The van der Waals surface area contributed by atoms with Gasteiger partial charge in [0.05, 0.1) is 11.4 Å². The summed E-state index contributed by atoms with van der Waals surface area (Å²) >= 11 is 0. The lowest BCUT2D eigenvalue weighted by Crippen LogP contribution is -2.51. The molecular formula is C28H29N5O3. The Kier molecular flexibility index (Phi) is 5.59. The van der Waals surface area contributed by atoms with Gasteiger partial charge in [-0.05, 0) is 48.9 Å². The maximum atomic E-state index is 13.4. The molecule has 1 aliphatic heterocycles. The zero-order valence-electron chi connectivity index (χ0n) is 20.1. The van der Waals surface area contributed by atoms with E-state index in [4.69, 9.17) is 5.10 Å². The van der Waals surface area contributed by atoms with Crippen LogP contribution >= 0.6 is 0 Å². The second kappa shape index (κ2) is 8.93. The summed E-state index contributed by atoms with van der Waals surface area (Å²) in [6.07, 6.45) is 6.23. The van der Waals surface area contributed by atoms with E-state index in [1.807, 2.05) is 54.6 Å². The Morgan fingerprint density at radius 2 is 1.75 bits per heavy atom. The monoisotopic (exact) mass is 483 g/mol. The first-order chi connectivity index (χ1) is 17.5. The number of hydrogen-bond acceptors (Lipinski definition) is 4.